The maximum Gasteiger partial charge on any atom is 0.287 e. The predicted octanol–water partition coefficient (Wildman–Crippen LogP) is 0.282. The number of carbonyl (C=O) groups excluding carboxylic acids is 1. The summed E-state index contributed by atoms with van der Waals surface area (Å²) >= 11 is 0. The van der Waals surface area contributed by atoms with Crippen molar-refractivity contribution in [2.75, 3.05) is 31.5 Å². The lowest BCUT2D eigenvalue weighted by atomic mass is 10.3. The van der Waals surface area contributed by atoms with E-state index in [-0.39, 0.29) is 18.1 Å². The van der Waals surface area contributed by atoms with Crippen LogP contribution in [0.5, 0.6) is 0 Å². The first-order chi connectivity index (χ1) is 11.1. The maximum atomic E-state index is 11.9. The summed E-state index contributed by atoms with van der Waals surface area (Å²) in [5.74, 6) is 0.395. The number of carbonyl (C=O) groups is 1. The zero-order valence-corrected chi connectivity index (χ0v) is 12.3. The molecule has 2 N–H and O–H groups in total. The van der Waals surface area contributed by atoms with Crippen molar-refractivity contribution in [2.45, 2.75) is 6.04 Å². The van der Waals surface area contributed by atoms with Crippen LogP contribution in [0.2, 0.25) is 0 Å². The molecule has 1 aliphatic rings. The lowest BCUT2D eigenvalue weighted by Gasteiger charge is -2.19. The number of anilines is 1. The first-order valence-corrected chi connectivity index (χ1v) is 7.02. The van der Waals surface area contributed by atoms with Gasteiger partial charge in [-0.25, -0.2) is 4.98 Å². The average molecular weight is 316 g/mol. The highest BCUT2D eigenvalue weighted by Crippen LogP contribution is 2.11. The van der Waals surface area contributed by atoms with Crippen molar-refractivity contribution in [2.24, 2.45) is 0 Å². The minimum absolute atomic E-state index is 0.0643. The van der Waals surface area contributed by atoms with Gasteiger partial charge in [-0.2, -0.15) is 5.26 Å². The quantitative estimate of drug-likeness (QED) is 0.320. The van der Waals surface area contributed by atoms with Crippen LogP contribution >= 0.6 is 0 Å². The standard InChI is InChI=1S/C14H16N6O3/c15-8-11-2-1-7-19(11)14(21)10-16-5-6-17-13-4-3-12(9-18-13)20(22)23/h1-4,9,11,16H,5-7,10H2,(H,17,18). The van der Waals surface area contributed by atoms with E-state index >= 15 is 0 Å². The molecule has 9 heteroatoms. The molecule has 2 rings (SSSR count). The van der Waals surface area contributed by atoms with Gasteiger partial charge in [-0.3, -0.25) is 14.9 Å². The van der Waals surface area contributed by atoms with Crippen molar-refractivity contribution >= 4 is 17.4 Å². The molecule has 2 heterocycles. The highest BCUT2D eigenvalue weighted by Gasteiger charge is 2.23. The molecular formula is C14H16N6O3. The zero-order valence-electron chi connectivity index (χ0n) is 12.3. The molecular weight excluding hydrogens is 300 g/mol. The summed E-state index contributed by atoms with van der Waals surface area (Å²) < 4.78 is 0. The number of nitro groups is 1. The van der Waals surface area contributed by atoms with Crippen LogP contribution in [-0.4, -0.2) is 52.9 Å². The van der Waals surface area contributed by atoms with Crippen LogP contribution < -0.4 is 10.6 Å². The van der Waals surface area contributed by atoms with Crippen LogP contribution in [0.15, 0.2) is 30.5 Å². The minimum atomic E-state index is -0.508. The molecule has 0 fully saturated rings. The number of rotatable bonds is 7. The lowest BCUT2D eigenvalue weighted by Crippen LogP contribution is -2.41. The number of nitriles is 1. The number of pyridine rings is 1. The fourth-order valence-corrected chi connectivity index (χ4v) is 2.06. The third-order valence-corrected chi connectivity index (χ3v) is 3.25. The molecule has 0 saturated carbocycles. The van der Waals surface area contributed by atoms with Gasteiger partial charge < -0.3 is 15.5 Å². The van der Waals surface area contributed by atoms with E-state index in [1.165, 1.54) is 23.2 Å². The molecule has 1 atom stereocenters. The first kappa shape index (κ1) is 16.4. The molecule has 0 bridgehead atoms. The third-order valence-electron chi connectivity index (χ3n) is 3.25. The van der Waals surface area contributed by atoms with Gasteiger partial charge in [0.2, 0.25) is 5.91 Å². The fourth-order valence-electron chi connectivity index (χ4n) is 2.06. The Balaban J connectivity index is 1.65. The number of nitrogens with zero attached hydrogens (tertiary/aromatic N) is 4. The van der Waals surface area contributed by atoms with E-state index in [0.717, 1.165) is 0 Å². The third kappa shape index (κ3) is 4.49. The molecule has 1 unspecified atom stereocenters. The smallest absolute Gasteiger partial charge is 0.287 e. The van der Waals surface area contributed by atoms with E-state index in [0.29, 0.717) is 25.5 Å². The molecule has 0 saturated heterocycles. The Morgan fingerprint density at radius 1 is 1.52 bits per heavy atom. The normalized spacial score (nSPS) is 16.1. The van der Waals surface area contributed by atoms with Crippen LogP contribution in [0.3, 0.4) is 0 Å². The monoisotopic (exact) mass is 316 g/mol. The number of hydrogen-bond acceptors (Lipinski definition) is 7. The van der Waals surface area contributed by atoms with Gasteiger partial charge in [0.1, 0.15) is 18.1 Å². The molecule has 1 amide bonds. The van der Waals surface area contributed by atoms with Gasteiger partial charge in [-0.05, 0) is 12.1 Å². The molecule has 0 radical (unpaired) electrons. The predicted molar refractivity (Wildman–Crippen MR) is 82.5 cm³/mol. The zero-order chi connectivity index (χ0) is 16.7. The summed E-state index contributed by atoms with van der Waals surface area (Å²) in [6.45, 7) is 1.64. The van der Waals surface area contributed by atoms with E-state index < -0.39 is 11.0 Å². The van der Waals surface area contributed by atoms with Gasteiger partial charge in [0.25, 0.3) is 5.69 Å². The van der Waals surface area contributed by atoms with Gasteiger partial charge in [0.05, 0.1) is 17.5 Å². The molecule has 9 nitrogen and oxygen atoms in total. The second-order valence-corrected chi connectivity index (χ2v) is 4.81. The molecule has 0 spiro atoms. The van der Waals surface area contributed by atoms with Crippen molar-refractivity contribution in [3.05, 3.63) is 40.6 Å². The Bertz CT molecular complexity index is 637. The molecule has 0 aromatic carbocycles. The SMILES string of the molecule is N#CC1C=CCN1C(=O)CNCCNc1ccc([N+](=O)[O-])cn1. The number of amides is 1. The topological polar surface area (TPSA) is 124 Å². The van der Waals surface area contributed by atoms with Crippen molar-refractivity contribution in [1.29, 1.82) is 5.26 Å². The Labute approximate surface area is 132 Å². The summed E-state index contributed by atoms with van der Waals surface area (Å²) in [5, 5.41) is 25.4. The second kappa shape index (κ2) is 7.86. The molecule has 1 aliphatic heterocycles. The molecule has 1 aromatic heterocycles. The fraction of sp³-hybridized carbons (Fsp3) is 0.357. The Kier molecular flexibility index (Phi) is 5.60. The Morgan fingerprint density at radius 2 is 2.35 bits per heavy atom. The summed E-state index contributed by atoms with van der Waals surface area (Å²) in [4.78, 5) is 27.3. The average Bonchev–Trinajstić information content (AvgIpc) is 3.03. The van der Waals surface area contributed by atoms with E-state index in [1.807, 2.05) is 0 Å². The highest BCUT2D eigenvalue weighted by molar-refractivity contribution is 5.79. The summed E-state index contributed by atoms with van der Waals surface area (Å²) in [6, 6.07) is 4.47. The van der Waals surface area contributed by atoms with Crippen molar-refractivity contribution in [3.8, 4) is 6.07 Å². The summed E-state index contributed by atoms with van der Waals surface area (Å²) in [6.07, 6.45) is 4.69. The summed E-state index contributed by atoms with van der Waals surface area (Å²) in [7, 11) is 0. The first-order valence-electron chi connectivity index (χ1n) is 7.02. The van der Waals surface area contributed by atoms with Crippen molar-refractivity contribution in [3.63, 3.8) is 0 Å². The van der Waals surface area contributed by atoms with Gasteiger partial charge in [-0.15, -0.1) is 0 Å². The van der Waals surface area contributed by atoms with Gasteiger partial charge >= 0.3 is 0 Å². The van der Waals surface area contributed by atoms with Gasteiger partial charge in [-0.1, -0.05) is 6.08 Å². The van der Waals surface area contributed by atoms with Crippen LogP contribution in [0.4, 0.5) is 11.5 Å². The lowest BCUT2D eigenvalue weighted by molar-refractivity contribution is -0.385. The van der Waals surface area contributed by atoms with E-state index in [1.54, 1.807) is 12.2 Å². The number of hydrogen-bond donors (Lipinski definition) is 2. The van der Waals surface area contributed by atoms with E-state index in [9.17, 15) is 14.9 Å². The van der Waals surface area contributed by atoms with Crippen LogP contribution in [0.1, 0.15) is 0 Å². The highest BCUT2D eigenvalue weighted by atomic mass is 16.6. The molecule has 0 aliphatic carbocycles. The van der Waals surface area contributed by atoms with Crippen molar-refractivity contribution < 1.29 is 9.72 Å². The van der Waals surface area contributed by atoms with Crippen LogP contribution in [0.25, 0.3) is 0 Å². The maximum absolute atomic E-state index is 11.9. The van der Waals surface area contributed by atoms with Crippen LogP contribution in [0, 0.1) is 21.4 Å². The summed E-state index contributed by atoms with van der Waals surface area (Å²) in [5.41, 5.74) is -0.0643. The van der Waals surface area contributed by atoms with E-state index in [2.05, 4.69) is 21.7 Å². The molecule has 23 heavy (non-hydrogen) atoms. The molecule has 120 valence electrons. The van der Waals surface area contributed by atoms with Gasteiger partial charge in [0.15, 0.2) is 0 Å². The minimum Gasteiger partial charge on any atom is -0.369 e. The largest absolute Gasteiger partial charge is 0.369 e. The second-order valence-electron chi connectivity index (χ2n) is 4.81. The number of aromatic nitrogens is 1. The Hall–Kier alpha value is -2.99. The Morgan fingerprint density at radius 3 is 3.00 bits per heavy atom. The number of nitrogens with one attached hydrogen (secondary N) is 2. The molecule has 1 aromatic rings. The van der Waals surface area contributed by atoms with Crippen molar-refractivity contribution in [1.82, 2.24) is 15.2 Å². The van der Waals surface area contributed by atoms with E-state index in [4.69, 9.17) is 5.26 Å². The van der Waals surface area contributed by atoms with Gasteiger partial charge in [0, 0.05) is 25.7 Å². The van der Waals surface area contributed by atoms with Crippen LogP contribution in [-0.2, 0) is 4.79 Å².